The highest BCUT2D eigenvalue weighted by Gasteiger charge is 2.06. The summed E-state index contributed by atoms with van der Waals surface area (Å²) >= 11 is 0. The summed E-state index contributed by atoms with van der Waals surface area (Å²) in [4.78, 5) is 32.6. The van der Waals surface area contributed by atoms with Crippen molar-refractivity contribution in [3.05, 3.63) is 66.2 Å². The minimum atomic E-state index is -0.157. The van der Waals surface area contributed by atoms with Crippen molar-refractivity contribution in [3.8, 4) is 0 Å². The van der Waals surface area contributed by atoms with Crippen LogP contribution in [0.3, 0.4) is 0 Å². The zero-order valence-electron chi connectivity index (χ0n) is 19.4. The molecule has 0 aliphatic carbocycles. The number of benzene rings is 2. The van der Waals surface area contributed by atoms with E-state index in [1.807, 2.05) is 48.5 Å². The normalized spacial score (nSPS) is 8.23. The molecular weight excluding hydrogens is 396 g/mol. The van der Waals surface area contributed by atoms with Gasteiger partial charge in [-0.3, -0.25) is 4.90 Å². The van der Waals surface area contributed by atoms with E-state index in [4.69, 9.17) is 0 Å². The van der Waals surface area contributed by atoms with Gasteiger partial charge in [-0.1, -0.05) is 54.1 Å². The first-order chi connectivity index (χ1) is 14.8. The van der Waals surface area contributed by atoms with Gasteiger partial charge in [0.25, 0.3) is 0 Å². The quantitative estimate of drug-likeness (QED) is 0.477. The molecule has 9 heteroatoms. The average molecular weight is 433 g/mol. The monoisotopic (exact) mass is 432 g/mol. The van der Waals surface area contributed by atoms with E-state index >= 15 is 0 Å². The zero-order valence-corrected chi connectivity index (χ0v) is 19.4. The Morgan fingerprint density at radius 3 is 1.19 bits per heavy atom. The number of aryl methyl sites for hydroxylation is 1. The van der Waals surface area contributed by atoms with Crippen LogP contribution in [0.2, 0.25) is 0 Å². The molecule has 0 aromatic heterocycles. The number of para-hydroxylation sites is 1. The lowest BCUT2D eigenvalue weighted by atomic mass is 10.2. The molecule has 0 radical (unpaired) electrons. The van der Waals surface area contributed by atoms with Crippen molar-refractivity contribution < 1.29 is 14.4 Å². The molecule has 31 heavy (non-hydrogen) atoms. The van der Waals surface area contributed by atoms with Crippen LogP contribution in [-0.2, 0) is 0 Å². The highest BCUT2D eigenvalue weighted by Crippen LogP contribution is 2.10. The Morgan fingerprint density at radius 1 is 0.613 bits per heavy atom. The van der Waals surface area contributed by atoms with Gasteiger partial charge in [0.1, 0.15) is 0 Å². The van der Waals surface area contributed by atoms with Crippen LogP contribution in [0.25, 0.3) is 0 Å². The third-order valence-electron chi connectivity index (χ3n) is 3.51. The first kappa shape index (κ1) is 29.5. The van der Waals surface area contributed by atoms with Crippen LogP contribution in [0.1, 0.15) is 5.56 Å². The van der Waals surface area contributed by atoms with Gasteiger partial charge < -0.3 is 26.6 Å². The van der Waals surface area contributed by atoms with Crippen molar-refractivity contribution in [2.45, 2.75) is 6.92 Å². The summed E-state index contributed by atoms with van der Waals surface area (Å²) in [5.74, 6) is 0. The Hall–Kier alpha value is -3.75. The molecule has 2 rings (SSSR count). The predicted octanol–water partition coefficient (Wildman–Crippen LogP) is 2.55. The lowest BCUT2D eigenvalue weighted by molar-refractivity contribution is 0.244. The van der Waals surface area contributed by atoms with Crippen molar-refractivity contribution in [1.29, 1.82) is 0 Å². The van der Waals surface area contributed by atoms with Crippen molar-refractivity contribution in [2.75, 3.05) is 47.2 Å². The summed E-state index contributed by atoms with van der Waals surface area (Å²) in [6, 6.07) is 19.3. The van der Waals surface area contributed by atoms with Crippen LogP contribution in [0.4, 0.5) is 20.1 Å². The maximum Gasteiger partial charge on any atom is 0.321 e. The van der Waals surface area contributed by atoms with E-state index < -0.39 is 0 Å². The average Bonchev–Trinajstić information content (AvgIpc) is 2.84. The molecule has 2 aromatic carbocycles. The Morgan fingerprint density at radius 2 is 0.968 bits per heavy atom. The molecule has 0 fully saturated rings. The SMILES string of the molecule is CNC(=O)N(C)c1ccccc1.CNC(=O)NC.CNC(=O)NC.Cc1ccccc1. The summed E-state index contributed by atoms with van der Waals surface area (Å²) in [5, 5.41) is 12.0. The minimum Gasteiger partial charge on any atom is -0.341 e. The smallest absolute Gasteiger partial charge is 0.321 e. The van der Waals surface area contributed by atoms with E-state index in [1.54, 1.807) is 47.2 Å². The van der Waals surface area contributed by atoms with Crippen molar-refractivity contribution in [3.63, 3.8) is 0 Å². The molecule has 0 aliphatic heterocycles. The molecule has 0 spiro atoms. The Labute approximate surface area is 185 Å². The number of anilines is 1. The molecule has 0 heterocycles. The fourth-order valence-electron chi connectivity index (χ4n) is 1.72. The number of hydrogen-bond donors (Lipinski definition) is 5. The van der Waals surface area contributed by atoms with E-state index in [0.717, 1.165) is 5.69 Å². The second-order valence-electron chi connectivity index (χ2n) is 5.76. The van der Waals surface area contributed by atoms with Crippen LogP contribution in [0.5, 0.6) is 0 Å². The molecular formula is C22H36N6O3. The van der Waals surface area contributed by atoms with Crippen LogP contribution in [-0.4, -0.2) is 60.4 Å². The van der Waals surface area contributed by atoms with Crippen molar-refractivity contribution >= 4 is 23.8 Å². The van der Waals surface area contributed by atoms with Crippen LogP contribution in [0, 0.1) is 6.92 Å². The fraction of sp³-hybridized carbons (Fsp3) is 0.318. The number of hydrogen-bond acceptors (Lipinski definition) is 3. The lowest BCUT2D eigenvalue weighted by Crippen LogP contribution is -2.34. The molecule has 0 unspecified atom stereocenters. The highest BCUT2D eigenvalue weighted by molar-refractivity contribution is 5.91. The molecule has 0 atom stereocenters. The third kappa shape index (κ3) is 16.9. The first-order valence-corrected chi connectivity index (χ1v) is 9.58. The van der Waals surface area contributed by atoms with Gasteiger partial charge in [-0.25, -0.2) is 14.4 Å². The third-order valence-corrected chi connectivity index (χ3v) is 3.51. The molecule has 5 N–H and O–H groups in total. The lowest BCUT2D eigenvalue weighted by Gasteiger charge is -2.15. The van der Waals surface area contributed by atoms with Crippen LogP contribution in [0.15, 0.2) is 60.7 Å². The van der Waals surface area contributed by atoms with Gasteiger partial charge in [-0.15, -0.1) is 0 Å². The van der Waals surface area contributed by atoms with E-state index in [2.05, 4.69) is 45.6 Å². The fourth-order valence-corrected chi connectivity index (χ4v) is 1.72. The molecule has 9 nitrogen and oxygen atoms in total. The van der Waals surface area contributed by atoms with Gasteiger partial charge in [0, 0.05) is 48.0 Å². The summed E-state index contributed by atoms with van der Waals surface area (Å²) < 4.78 is 0. The largest absolute Gasteiger partial charge is 0.341 e. The number of urea groups is 3. The number of carbonyl (C=O) groups excluding carboxylic acids is 3. The second kappa shape index (κ2) is 19.6. The summed E-state index contributed by atoms with van der Waals surface area (Å²) in [7, 11) is 9.62. The zero-order chi connectivity index (χ0) is 24.1. The van der Waals surface area contributed by atoms with E-state index in [9.17, 15) is 14.4 Å². The molecule has 0 aliphatic rings. The van der Waals surface area contributed by atoms with Gasteiger partial charge in [-0.05, 0) is 19.1 Å². The molecule has 6 amide bonds. The molecule has 0 saturated carbocycles. The predicted molar refractivity (Wildman–Crippen MR) is 128 cm³/mol. The summed E-state index contributed by atoms with van der Waals surface area (Å²) in [6.45, 7) is 2.08. The van der Waals surface area contributed by atoms with Gasteiger partial charge in [0.05, 0.1) is 0 Å². The van der Waals surface area contributed by atoms with Crippen molar-refractivity contribution in [1.82, 2.24) is 26.6 Å². The maximum atomic E-state index is 11.1. The number of carbonyl (C=O) groups is 3. The van der Waals surface area contributed by atoms with E-state index in [-0.39, 0.29) is 18.1 Å². The highest BCUT2D eigenvalue weighted by atomic mass is 16.2. The van der Waals surface area contributed by atoms with E-state index in [0.29, 0.717) is 0 Å². The van der Waals surface area contributed by atoms with Crippen LogP contribution >= 0.6 is 0 Å². The number of amides is 6. The molecule has 0 saturated heterocycles. The van der Waals surface area contributed by atoms with Gasteiger partial charge in [0.2, 0.25) is 0 Å². The van der Waals surface area contributed by atoms with E-state index in [1.165, 1.54) is 5.56 Å². The number of nitrogens with one attached hydrogen (secondary N) is 5. The maximum absolute atomic E-state index is 11.1. The van der Waals surface area contributed by atoms with Gasteiger partial charge >= 0.3 is 18.1 Å². The van der Waals surface area contributed by atoms with Gasteiger partial charge in [-0.2, -0.15) is 0 Å². The number of nitrogens with zero attached hydrogens (tertiary/aromatic N) is 1. The molecule has 172 valence electrons. The number of rotatable bonds is 1. The van der Waals surface area contributed by atoms with Crippen molar-refractivity contribution in [2.24, 2.45) is 0 Å². The molecule has 0 bridgehead atoms. The minimum absolute atomic E-state index is 0.110. The Bertz CT molecular complexity index is 699. The van der Waals surface area contributed by atoms with Gasteiger partial charge in [0.15, 0.2) is 0 Å². The summed E-state index contributed by atoms with van der Waals surface area (Å²) in [5.41, 5.74) is 2.21. The standard InChI is InChI=1S/C9H12N2O.C7H8.2C3H8N2O/c1-10-9(12)11(2)8-6-4-3-5-7-8;1-7-5-3-2-4-6-7;2*1-4-3(6)5-2/h3-7H,1-2H3,(H,10,12);2-6H,1H3;2*1-2H3,(H2,4,5,6). The summed E-state index contributed by atoms with van der Waals surface area (Å²) in [6.07, 6.45) is 0. The first-order valence-electron chi connectivity index (χ1n) is 9.58. The Kier molecular flexibility index (Phi) is 18.6. The second-order valence-corrected chi connectivity index (χ2v) is 5.76. The Balaban J connectivity index is 0. The molecule has 2 aromatic rings. The van der Waals surface area contributed by atoms with Crippen LogP contribution < -0.4 is 31.5 Å². The topological polar surface area (TPSA) is 115 Å².